The number of nitrogens with zero attached hydrogens (tertiary/aromatic N) is 1. The van der Waals surface area contributed by atoms with E-state index in [9.17, 15) is 14.0 Å². The van der Waals surface area contributed by atoms with Crippen molar-refractivity contribution in [2.75, 3.05) is 32.8 Å². The Labute approximate surface area is 189 Å². The van der Waals surface area contributed by atoms with Gasteiger partial charge in [-0.3, -0.25) is 14.5 Å². The molecule has 2 amide bonds. The van der Waals surface area contributed by atoms with Gasteiger partial charge in [0.05, 0.1) is 19.3 Å². The van der Waals surface area contributed by atoms with Crippen molar-refractivity contribution in [3.05, 3.63) is 71.0 Å². The first kappa shape index (κ1) is 23.9. The van der Waals surface area contributed by atoms with Gasteiger partial charge in [0, 0.05) is 25.2 Å². The molecule has 1 fully saturated rings. The van der Waals surface area contributed by atoms with Crippen LogP contribution in [0.3, 0.4) is 0 Å². The van der Waals surface area contributed by atoms with Crippen molar-refractivity contribution in [3.8, 4) is 0 Å². The summed E-state index contributed by atoms with van der Waals surface area (Å²) in [5.41, 5.74) is 2.51. The Morgan fingerprint density at radius 3 is 2.25 bits per heavy atom. The van der Waals surface area contributed by atoms with Gasteiger partial charge in [0.2, 0.25) is 5.91 Å². The van der Waals surface area contributed by atoms with Crippen LogP contribution in [0, 0.1) is 18.7 Å². The van der Waals surface area contributed by atoms with Gasteiger partial charge in [-0.1, -0.05) is 43.7 Å². The summed E-state index contributed by atoms with van der Waals surface area (Å²) in [6, 6.07) is 12.8. The highest BCUT2D eigenvalue weighted by Gasteiger charge is 2.28. The molecular formula is C25H32FN3O3. The van der Waals surface area contributed by atoms with E-state index in [1.54, 1.807) is 24.3 Å². The second kappa shape index (κ2) is 11.2. The van der Waals surface area contributed by atoms with Gasteiger partial charge in [-0.25, -0.2) is 4.39 Å². The summed E-state index contributed by atoms with van der Waals surface area (Å²) in [4.78, 5) is 27.9. The number of hydrogen-bond donors (Lipinski definition) is 2. The van der Waals surface area contributed by atoms with Crippen molar-refractivity contribution in [2.45, 2.75) is 32.9 Å². The second-order valence-corrected chi connectivity index (χ2v) is 8.52. The average Bonchev–Trinajstić information content (AvgIpc) is 2.79. The van der Waals surface area contributed by atoms with Gasteiger partial charge in [0.25, 0.3) is 5.91 Å². The maximum atomic E-state index is 13.4. The lowest BCUT2D eigenvalue weighted by Gasteiger charge is -2.35. The lowest BCUT2D eigenvalue weighted by Crippen LogP contribution is -2.52. The zero-order chi connectivity index (χ0) is 23.1. The van der Waals surface area contributed by atoms with Gasteiger partial charge < -0.3 is 15.4 Å². The lowest BCUT2D eigenvalue weighted by molar-refractivity contribution is -0.124. The van der Waals surface area contributed by atoms with Crippen LogP contribution < -0.4 is 10.6 Å². The number of amides is 2. The Kier molecular flexibility index (Phi) is 8.36. The summed E-state index contributed by atoms with van der Waals surface area (Å²) in [5.74, 6) is -0.891. The molecule has 7 heteroatoms. The second-order valence-electron chi connectivity index (χ2n) is 8.52. The maximum Gasteiger partial charge on any atom is 0.251 e. The Balaban J connectivity index is 1.68. The first-order chi connectivity index (χ1) is 15.3. The minimum Gasteiger partial charge on any atom is -0.379 e. The summed E-state index contributed by atoms with van der Waals surface area (Å²) in [7, 11) is 0. The van der Waals surface area contributed by atoms with Gasteiger partial charge >= 0.3 is 0 Å². The molecule has 0 radical (unpaired) electrons. The van der Waals surface area contributed by atoms with E-state index in [1.165, 1.54) is 12.1 Å². The molecule has 1 aliphatic rings. The highest BCUT2D eigenvalue weighted by Crippen LogP contribution is 2.22. The van der Waals surface area contributed by atoms with Crippen molar-refractivity contribution in [2.24, 2.45) is 5.92 Å². The lowest BCUT2D eigenvalue weighted by atomic mass is 10.0. The number of morpholine rings is 1. The van der Waals surface area contributed by atoms with Crippen LogP contribution in [0.15, 0.2) is 48.5 Å². The number of halogens is 1. The van der Waals surface area contributed by atoms with E-state index in [4.69, 9.17) is 4.74 Å². The summed E-state index contributed by atoms with van der Waals surface area (Å²) in [6.45, 7) is 8.81. The van der Waals surface area contributed by atoms with Gasteiger partial charge in [0.1, 0.15) is 11.9 Å². The quantitative estimate of drug-likeness (QED) is 0.661. The predicted molar refractivity (Wildman–Crippen MR) is 122 cm³/mol. The molecule has 1 heterocycles. The highest BCUT2D eigenvalue weighted by molar-refractivity contribution is 5.97. The van der Waals surface area contributed by atoms with Crippen LogP contribution in [-0.2, 0) is 9.53 Å². The molecule has 1 aliphatic heterocycles. The Morgan fingerprint density at radius 1 is 1.03 bits per heavy atom. The monoisotopic (exact) mass is 441 g/mol. The van der Waals surface area contributed by atoms with Gasteiger partial charge in [-0.15, -0.1) is 0 Å². The molecule has 0 aromatic heterocycles. The third kappa shape index (κ3) is 6.37. The molecule has 2 N–H and O–H groups in total. The summed E-state index contributed by atoms with van der Waals surface area (Å²) in [6.07, 6.45) is 0. The average molecular weight is 442 g/mol. The van der Waals surface area contributed by atoms with Crippen molar-refractivity contribution in [1.29, 1.82) is 0 Å². The summed E-state index contributed by atoms with van der Waals surface area (Å²) in [5, 5.41) is 5.88. The van der Waals surface area contributed by atoms with Crippen LogP contribution in [0.2, 0.25) is 0 Å². The van der Waals surface area contributed by atoms with Crippen LogP contribution >= 0.6 is 0 Å². The van der Waals surface area contributed by atoms with E-state index in [2.05, 4.69) is 15.5 Å². The Morgan fingerprint density at radius 2 is 1.66 bits per heavy atom. The summed E-state index contributed by atoms with van der Waals surface area (Å²) < 4.78 is 18.9. The van der Waals surface area contributed by atoms with E-state index in [0.717, 1.165) is 24.2 Å². The predicted octanol–water partition coefficient (Wildman–Crippen LogP) is 3.08. The number of carbonyl (C=O) groups excluding carboxylic acids is 2. The fraction of sp³-hybridized carbons (Fsp3) is 0.440. The molecular weight excluding hydrogens is 409 g/mol. The third-order valence-corrected chi connectivity index (χ3v) is 5.76. The minimum atomic E-state index is -0.664. The largest absolute Gasteiger partial charge is 0.379 e. The number of aryl methyl sites for hydroxylation is 1. The van der Waals surface area contributed by atoms with Crippen LogP contribution in [0.25, 0.3) is 0 Å². The molecule has 1 unspecified atom stereocenters. The maximum absolute atomic E-state index is 13.4. The molecule has 0 aliphatic carbocycles. The van der Waals surface area contributed by atoms with Crippen LogP contribution in [0.4, 0.5) is 4.39 Å². The van der Waals surface area contributed by atoms with Crippen molar-refractivity contribution in [3.63, 3.8) is 0 Å². The molecule has 1 saturated heterocycles. The molecule has 2 atom stereocenters. The third-order valence-electron chi connectivity index (χ3n) is 5.76. The highest BCUT2D eigenvalue weighted by atomic mass is 19.1. The van der Waals surface area contributed by atoms with Gasteiger partial charge in [-0.05, 0) is 42.7 Å². The minimum absolute atomic E-state index is 0.0861. The zero-order valence-corrected chi connectivity index (χ0v) is 18.9. The number of rotatable bonds is 8. The molecule has 0 spiro atoms. The fourth-order valence-electron chi connectivity index (χ4n) is 3.80. The first-order valence-corrected chi connectivity index (χ1v) is 11.1. The number of benzene rings is 2. The van der Waals surface area contributed by atoms with Gasteiger partial charge in [-0.2, -0.15) is 0 Å². The smallest absolute Gasteiger partial charge is 0.251 e. The van der Waals surface area contributed by atoms with Crippen LogP contribution in [0.5, 0.6) is 0 Å². The normalized spacial score (nSPS) is 16.4. The van der Waals surface area contributed by atoms with Crippen molar-refractivity contribution < 1.29 is 18.7 Å². The molecule has 6 nitrogen and oxygen atoms in total. The number of ether oxygens (including phenoxy) is 1. The molecule has 3 rings (SSSR count). The molecule has 172 valence electrons. The van der Waals surface area contributed by atoms with Crippen molar-refractivity contribution in [1.82, 2.24) is 15.5 Å². The fourth-order valence-corrected chi connectivity index (χ4v) is 3.80. The van der Waals surface area contributed by atoms with Crippen LogP contribution in [0.1, 0.15) is 41.4 Å². The number of nitrogens with one attached hydrogen (secondary N) is 2. The topological polar surface area (TPSA) is 70.7 Å². The number of hydrogen-bond acceptors (Lipinski definition) is 4. The van der Waals surface area contributed by atoms with Crippen molar-refractivity contribution >= 4 is 11.8 Å². The molecule has 0 bridgehead atoms. The zero-order valence-electron chi connectivity index (χ0n) is 18.9. The van der Waals surface area contributed by atoms with E-state index in [-0.39, 0.29) is 29.6 Å². The number of carbonyl (C=O) groups is 2. The Hall–Kier alpha value is -2.77. The Bertz CT molecular complexity index is 894. The molecule has 2 aromatic carbocycles. The van der Waals surface area contributed by atoms with E-state index < -0.39 is 6.04 Å². The standard InChI is InChI=1S/C25H32FN3O3/c1-17(2)23(28-24(30)20-6-4-18(3)5-7-20)25(31)27-16-22(29-12-14-32-15-13-29)19-8-10-21(26)11-9-19/h4-11,17,22-23H,12-16H2,1-3H3,(H,27,31)(H,28,30)/t22?,23-/m0/s1. The molecule has 32 heavy (non-hydrogen) atoms. The van der Waals surface area contributed by atoms with E-state index in [0.29, 0.717) is 25.3 Å². The summed E-state index contributed by atoms with van der Waals surface area (Å²) >= 11 is 0. The van der Waals surface area contributed by atoms with Gasteiger partial charge in [0.15, 0.2) is 0 Å². The molecule has 2 aromatic rings. The molecule has 0 saturated carbocycles. The first-order valence-electron chi connectivity index (χ1n) is 11.1. The van der Waals surface area contributed by atoms with Crippen LogP contribution in [-0.4, -0.2) is 55.6 Å². The van der Waals surface area contributed by atoms with E-state index in [1.807, 2.05) is 32.9 Å². The SMILES string of the molecule is Cc1ccc(C(=O)N[C@H](C(=O)NCC(c2ccc(F)cc2)N2CCOCC2)C(C)C)cc1. The van der Waals surface area contributed by atoms with E-state index >= 15 is 0 Å².